The first kappa shape index (κ1) is 15.9. The first-order valence-corrected chi connectivity index (χ1v) is 8.77. The van der Waals surface area contributed by atoms with Crippen molar-refractivity contribution in [1.82, 2.24) is 10.1 Å². The van der Waals surface area contributed by atoms with E-state index < -0.39 is 0 Å². The van der Waals surface area contributed by atoms with Crippen molar-refractivity contribution in [3.63, 3.8) is 0 Å². The minimum atomic E-state index is -0.191. The molecule has 4 rings (SSSR count). The zero-order valence-electron chi connectivity index (χ0n) is 14.3. The van der Waals surface area contributed by atoms with Crippen LogP contribution in [0, 0.1) is 6.92 Å². The van der Waals surface area contributed by atoms with Gasteiger partial charge in [-0.3, -0.25) is 9.59 Å². The summed E-state index contributed by atoms with van der Waals surface area (Å²) in [6.45, 7) is 3.09. The van der Waals surface area contributed by atoms with Gasteiger partial charge in [0, 0.05) is 30.8 Å². The van der Waals surface area contributed by atoms with Crippen LogP contribution < -0.4 is 4.90 Å². The number of aromatic nitrogens is 1. The molecule has 2 aromatic rings. The maximum Gasteiger partial charge on any atom is 0.276 e. The molecule has 0 N–H and O–H groups in total. The Kier molecular flexibility index (Phi) is 4.03. The summed E-state index contributed by atoms with van der Waals surface area (Å²) >= 11 is 0. The van der Waals surface area contributed by atoms with E-state index in [-0.39, 0.29) is 18.4 Å². The highest BCUT2D eigenvalue weighted by Gasteiger charge is 2.32. The molecule has 0 unspecified atom stereocenters. The molecule has 1 aromatic carbocycles. The van der Waals surface area contributed by atoms with Gasteiger partial charge in [-0.25, -0.2) is 0 Å². The minimum absolute atomic E-state index is 0.0687. The summed E-state index contributed by atoms with van der Waals surface area (Å²) in [4.78, 5) is 28.7. The SMILES string of the molecule is Cc1ccc(N2CCN(C(=O)c3noc4c3CCCC4)CC2=O)cc1. The van der Waals surface area contributed by atoms with Crippen LogP contribution in [0.5, 0.6) is 0 Å². The highest BCUT2D eigenvalue weighted by atomic mass is 16.5. The highest BCUT2D eigenvalue weighted by molar-refractivity contribution is 6.01. The average molecular weight is 339 g/mol. The molecule has 2 amide bonds. The molecule has 0 bridgehead atoms. The van der Waals surface area contributed by atoms with Gasteiger partial charge in [-0.05, 0) is 38.3 Å². The van der Waals surface area contributed by atoms with Crippen LogP contribution in [0.25, 0.3) is 0 Å². The predicted molar refractivity (Wildman–Crippen MR) is 92.6 cm³/mol. The lowest BCUT2D eigenvalue weighted by Crippen LogP contribution is -2.52. The van der Waals surface area contributed by atoms with E-state index in [4.69, 9.17) is 4.52 Å². The Hall–Kier alpha value is -2.63. The van der Waals surface area contributed by atoms with E-state index in [9.17, 15) is 9.59 Å². The smallest absolute Gasteiger partial charge is 0.276 e. The Morgan fingerprint density at radius 1 is 1.12 bits per heavy atom. The van der Waals surface area contributed by atoms with Gasteiger partial charge < -0.3 is 14.3 Å². The number of carbonyl (C=O) groups excluding carboxylic acids is 2. The number of benzene rings is 1. The number of fused-ring (bicyclic) bond motifs is 1. The standard InChI is InChI=1S/C19H21N3O3/c1-13-6-8-14(9-7-13)22-11-10-21(12-17(22)23)19(24)18-15-4-2-3-5-16(15)25-20-18/h6-9H,2-5,10-12H2,1H3. The largest absolute Gasteiger partial charge is 0.360 e. The van der Waals surface area contributed by atoms with Crippen LogP contribution in [-0.2, 0) is 17.6 Å². The third-order valence-electron chi connectivity index (χ3n) is 5.01. The average Bonchev–Trinajstić information content (AvgIpc) is 3.06. The minimum Gasteiger partial charge on any atom is -0.360 e. The third-order valence-corrected chi connectivity index (χ3v) is 5.01. The molecular formula is C19H21N3O3. The van der Waals surface area contributed by atoms with Crippen LogP contribution in [0.15, 0.2) is 28.8 Å². The fourth-order valence-corrected chi connectivity index (χ4v) is 3.55. The molecule has 1 fully saturated rings. The summed E-state index contributed by atoms with van der Waals surface area (Å²) in [5.41, 5.74) is 3.36. The summed E-state index contributed by atoms with van der Waals surface area (Å²) in [6, 6.07) is 7.86. The Bertz CT molecular complexity index is 810. The van der Waals surface area contributed by atoms with Crippen LogP contribution in [-0.4, -0.2) is 41.5 Å². The van der Waals surface area contributed by atoms with Crippen LogP contribution in [0.3, 0.4) is 0 Å². The molecule has 6 heteroatoms. The number of piperazine rings is 1. The van der Waals surface area contributed by atoms with Gasteiger partial charge in [0.1, 0.15) is 12.3 Å². The number of anilines is 1. The fourth-order valence-electron chi connectivity index (χ4n) is 3.55. The molecule has 0 saturated carbocycles. The molecule has 1 saturated heterocycles. The number of carbonyl (C=O) groups is 2. The monoisotopic (exact) mass is 339 g/mol. The van der Waals surface area contributed by atoms with E-state index >= 15 is 0 Å². The molecule has 0 radical (unpaired) electrons. The number of hydrogen-bond acceptors (Lipinski definition) is 4. The van der Waals surface area contributed by atoms with Crippen LogP contribution in [0.4, 0.5) is 5.69 Å². The zero-order chi connectivity index (χ0) is 17.4. The second kappa shape index (κ2) is 6.35. The van der Waals surface area contributed by atoms with E-state index in [1.165, 1.54) is 0 Å². The van der Waals surface area contributed by atoms with Gasteiger partial charge >= 0.3 is 0 Å². The molecule has 1 aliphatic carbocycles. The van der Waals surface area contributed by atoms with E-state index in [2.05, 4.69) is 5.16 Å². The lowest BCUT2D eigenvalue weighted by Gasteiger charge is -2.34. The predicted octanol–water partition coefficient (Wildman–Crippen LogP) is 2.35. The van der Waals surface area contributed by atoms with E-state index in [1.54, 1.807) is 9.80 Å². The number of aryl methyl sites for hydroxylation is 2. The Labute approximate surface area is 146 Å². The normalized spacial score (nSPS) is 17.6. The summed E-state index contributed by atoms with van der Waals surface area (Å²) in [7, 11) is 0. The van der Waals surface area contributed by atoms with Gasteiger partial charge in [0.05, 0.1) is 0 Å². The van der Waals surface area contributed by atoms with Crippen molar-refractivity contribution in [1.29, 1.82) is 0 Å². The van der Waals surface area contributed by atoms with Crippen molar-refractivity contribution in [3.05, 3.63) is 46.8 Å². The molecule has 2 heterocycles. The van der Waals surface area contributed by atoms with Crippen LogP contribution in [0.2, 0.25) is 0 Å². The Morgan fingerprint density at radius 2 is 1.88 bits per heavy atom. The molecule has 1 aromatic heterocycles. The van der Waals surface area contributed by atoms with Crippen molar-refractivity contribution >= 4 is 17.5 Å². The van der Waals surface area contributed by atoms with E-state index in [0.717, 1.165) is 48.3 Å². The van der Waals surface area contributed by atoms with Crippen molar-refractivity contribution < 1.29 is 14.1 Å². The fraction of sp³-hybridized carbons (Fsp3) is 0.421. The van der Waals surface area contributed by atoms with Gasteiger partial charge in [-0.15, -0.1) is 0 Å². The molecule has 1 aliphatic heterocycles. The van der Waals surface area contributed by atoms with E-state index in [1.807, 2.05) is 31.2 Å². The van der Waals surface area contributed by atoms with Crippen molar-refractivity contribution in [2.24, 2.45) is 0 Å². The van der Waals surface area contributed by atoms with Crippen molar-refractivity contribution in [3.8, 4) is 0 Å². The first-order valence-electron chi connectivity index (χ1n) is 8.77. The van der Waals surface area contributed by atoms with Crippen molar-refractivity contribution in [2.75, 3.05) is 24.5 Å². The number of hydrogen-bond donors (Lipinski definition) is 0. The number of amides is 2. The van der Waals surface area contributed by atoms with Gasteiger partial charge in [-0.1, -0.05) is 22.9 Å². The molecule has 0 atom stereocenters. The van der Waals surface area contributed by atoms with Crippen molar-refractivity contribution in [2.45, 2.75) is 32.6 Å². The maximum atomic E-state index is 12.8. The highest BCUT2D eigenvalue weighted by Crippen LogP contribution is 2.26. The lowest BCUT2D eigenvalue weighted by atomic mass is 9.96. The summed E-state index contributed by atoms with van der Waals surface area (Å²) in [6.07, 6.45) is 3.80. The molecule has 6 nitrogen and oxygen atoms in total. The molecular weight excluding hydrogens is 318 g/mol. The molecule has 0 spiro atoms. The molecule has 2 aliphatic rings. The lowest BCUT2D eigenvalue weighted by molar-refractivity contribution is -0.120. The Morgan fingerprint density at radius 3 is 2.64 bits per heavy atom. The quantitative estimate of drug-likeness (QED) is 0.842. The molecule has 25 heavy (non-hydrogen) atoms. The second-order valence-corrected chi connectivity index (χ2v) is 6.75. The molecule has 130 valence electrons. The second-order valence-electron chi connectivity index (χ2n) is 6.75. The zero-order valence-corrected chi connectivity index (χ0v) is 14.3. The number of rotatable bonds is 2. The topological polar surface area (TPSA) is 66.7 Å². The maximum absolute atomic E-state index is 12.8. The third kappa shape index (κ3) is 2.92. The van der Waals surface area contributed by atoms with Crippen LogP contribution in [0.1, 0.15) is 40.2 Å². The first-order chi connectivity index (χ1) is 12.1. The van der Waals surface area contributed by atoms with Gasteiger partial charge in [0.2, 0.25) is 5.91 Å². The van der Waals surface area contributed by atoms with Gasteiger partial charge in [0.25, 0.3) is 5.91 Å². The van der Waals surface area contributed by atoms with Crippen LogP contribution >= 0.6 is 0 Å². The van der Waals surface area contributed by atoms with Gasteiger partial charge in [-0.2, -0.15) is 0 Å². The summed E-state index contributed by atoms with van der Waals surface area (Å²) < 4.78 is 5.33. The Balaban J connectivity index is 1.49. The number of nitrogens with zero attached hydrogens (tertiary/aromatic N) is 3. The summed E-state index contributed by atoms with van der Waals surface area (Å²) in [5.74, 6) is 0.573. The van der Waals surface area contributed by atoms with E-state index in [0.29, 0.717) is 18.8 Å². The summed E-state index contributed by atoms with van der Waals surface area (Å²) in [5, 5.41) is 3.99. The van der Waals surface area contributed by atoms with Gasteiger partial charge in [0.15, 0.2) is 5.69 Å².